The molecular formula is C16H17Cl2N3OS. The highest BCUT2D eigenvalue weighted by Gasteiger charge is 2.33. The van der Waals surface area contributed by atoms with Crippen LogP contribution in [-0.2, 0) is 7.05 Å². The summed E-state index contributed by atoms with van der Waals surface area (Å²) < 4.78 is 1.75. The average Bonchev–Trinajstić information content (AvgIpc) is 3.07. The first-order valence-corrected chi connectivity index (χ1v) is 9.08. The van der Waals surface area contributed by atoms with Crippen molar-refractivity contribution in [2.24, 2.45) is 7.05 Å². The molecule has 1 aliphatic rings. The number of aryl methyl sites for hydroxylation is 2. The van der Waals surface area contributed by atoms with Gasteiger partial charge in [-0.05, 0) is 31.5 Å². The van der Waals surface area contributed by atoms with Crippen molar-refractivity contribution in [3.8, 4) is 0 Å². The fourth-order valence-corrected chi connectivity index (χ4v) is 4.40. The smallest absolute Gasteiger partial charge is 0.258 e. The zero-order chi connectivity index (χ0) is 16.7. The number of halogens is 2. The zero-order valence-electron chi connectivity index (χ0n) is 13.1. The molecule has 7 heteroatoms. The van der Waals surface area contributed by atoms with E-state index in [0.717, 1.165) is 22.7 Å². The van der Waals surface area contributed by atoms with Gasteiger partial charge >= 0.3 is 0 Å². The SMILES string of the molecule is Cc1nn(C)c(C)c1C(=O)N1CCS[C@@H]1c1ccc(Cl)c(Cl)c1. The summed E-state index contributed by atoms with van der Waals surface area (Å²) in [4.78, 5) is 14.9. The lowest BCUT2D eigenvalue weighted by atomic mass is 10.1. The maximum absolute atomic E-state index is 13.0. The van der Waals surface area contributed by atoms with Crippen LogP contribution in [0.3, 0.4) is 0 Å². The molecule has 1 aromatic carbocycles. The van der Waals surface area contributed by atoms with Gasteiger partial charge in [0.15, 0.2) is 0 Å². The number of amides is 1. The standard InChI is InChI=1S/C16H17Cl2N3OS/c1-9-14(10(2)20(3)19-9)15(22)21-6-7-23-16(21)11-4-5-12(17)13(18)8-11/h4-5,8,16H,6-7H2,1-3H3/t16-/m1/s1. The van der Waals surface area contributed by atoms with Crippen LogP contribution in [-0.4, -0.2) is 32.9 Å². The quantitative estimate of drug-likeness (QED) is 0.794. The first-order valence-electron chi connectivity index (χ1n) is 7.28. The lowest BCUT2D eigenvalue weighted by Gasteiger charge is -2.24. The number of hydrogen-bond donors (Lipinski definition) is 0. The molecule has 0 saturated carbocycles. The van der Waals surface area contributed by atoms with Gasteiger partial charge < -0.3 is 4.90 Å². The van der Waals surface area contributed by atoms with Gasteiger partial charge in [-0.2, -0.15) is 5.10 Å². The lowest BCUT2D eigenvalue weighted by molar-refractivity contribution is 0.0758. The second kappa shape index (κ2) is 6.38. The van der Waals surface area contributed by atoms with Crippen molar-refractivity contribution in [3.05, 3.63) is 50.8 Å². The Labute approximate surface area is 149 Å². The Morgan fingerprint density at radius 1 is 1.30 bits per heavy atom. The van der Waals surface area contributed by atoms with Gasteiger partial charge in [-0.1, -0.05) is 29.3 Å². The highest BCUT2D eigenvalue weighted by Crippen LogP contribution is 2.40. The predicted octanol–water partition coefficient (Wildman–Crippen LogP) is 4.23. The minimum Gasteiger partial charge on any atom is -0.322 e. The molecule has 0 aliphatic carbocycles. The van der Waals surface area contributed by atoms with Gasteiger partial charge in [0.1, 0.15) is 5.37 Å². The Bertz CT molecular complexity index is 775. The number of rotatable bonds is 2. The molecule has 2 aromatic rings. The van der Waals surface area contributed by atoms with E-state index in [1.54, 1.807) is 22.5 Å². The van der Waals surface area contributed by atoms with Crippen molar-refractivity contribution in [1.82, 2.24) is 14.7 Å². The molecule has 4 nitrogen and oxygen atoms in total. The molecule has 2 heterocycles. The number of carbonyl (C=O) groups excluding carboxylic acids is 1. The van der Waals surface area contributed by atoms with Crippen LogP contribution in [0.2, 0.25) is 10.0 Å². The maximum Gasteiger partial charge on any atom is 0.258 e. The van der Waals surface area contributed by atoms with Crippen LogP contribution in [0.25, 0.3) is 0 Å². The van der Waals surface area contributed by atoms with E-state index in [1.807, 2.05) is 37.9 Å². The summed E-state index contributed by atoms with van der Waals surface area (Å²) in [5.41, 5.74) is 3.34. The first kappa shape index (κ1) is 16.7. The Hall–Kier alpha value is -1.17. The fraction of sp³-hybridized carbons (Fsp3) is 0.375. The summed E-state index contributed by atoms with van der Waals surface area (Å²) in [5.74, 6) is 0.920. The maximum atomic E-state index is 13.0. The molecule has 23 heavy (non-hydrogen) atoms. The number of nitrogens with zero attached hydrogens (tertiary/aromatic N) is 3. The van der Waals surface area contributed by atoms with E-state index in [9.17, 15) is 4.79 Å². The van der Waals surface area contributed by atoms with Crippen LogP contribution >= 0.6 is 35.0 Å². The normalized spacial score (nSPS) is 17.8. The molecule has 122 valence electrons. The van der Waals surface area contributed by atoms with E-state index >= 15 is 0 Å². The monoisotopic (exact) mass is 369 g/mol. The molecule has 0 radical (unpaired) electrons. The van der Waals surface area contributed by atoms with Gasteiger partial charge in [0, 0.05) is 25.0 Å². The molecule has 3 rings (SSSR count). The fourth-order valence-electron chi connectivity index (χ4n) is 2.85. The largest absolute Gasteiger partial charge is 0.322 e. The molecule has 1 atom stereocenters. The second-order valence-corrected chi connectivity index (χ2v) is 7.57. The summed E-state index contributed by atoms with van der Waals surface area (Å²) >= 11 is 13.9. The lowest BCUT2D eigenvalue weighted by Crippen LogP contribution is -2.31. The van der Waals surface area contributed by atoms with Crippen LogP contribution < -0.4 is 0 Å². The molecule has 0 unspecified atom stereocenters. The highest BCUT2D eigenvalue weighted by atomic mass is 35.5. The van der Waals surface area contributed by atoms with E-state index in [0.29, 0.717) is 22.2 Å². The molecule has 1 amide bonds. The molecule has 1 saturated heterocycles. The van der Waals surface area contributed by atoms with Gasteiger partial charge in [-0.15, -0.1) is 11.8 Å². The predicted molar refractivity (Wildman–Crippen MR) is 95.4 cm³/mol. The van der Waals surface area contributed by atoms with Gasteiger partial charge in [0.25, 0.3) is 5.91 Å². The molecule has 0 spiro atoms. The zero-order valence-corrected chi connectivity index (χ0v) is 15.5. The van der Waals surface area contributed by atoms with Gasteiger partial charge in [-0.25, -0.2) is 0 Å². The van der Waals surface area contributed by atoms with Crippen LogP contribution in [0.5, 0.6) is 0 Å². The van der Waals surface area contributed by atoms with Crippen molar-refractivity contribution < 1.29 is 4.79 Å². The van der Waals surface area contributed by atoms with Crippen LogP contribution in [0.4, 0.5) is 0 Å². The van der Waals surface area contributed by atoms with Crippen molar-refractivity contribution in [3.63, 3.8) is 0 Å². The number of thioether (sulfide) groups is 1. The minimum absolute atomic E-state index is 0.0224. The van der Waals surface area contributed by atoms with Crippen LogP contribution in [0.1, 0.15) is 32.7 Å². The van der Waals surface area contributed by atoms with E-state index in [-0.39, 0.29) is 11.3 Å². The topological polar surface area (TPSA) is 38.1 Å². The Kier molecular flexibility index (Phi) is 4.63. The third kappa shape index (κ3) is 2.97. The molecular weight excluding hydrogens is 353 g/mol. The highest BCUT2D eigenvalue weighted by molar-refractivity contribution is 7.99. The summed E-state index contributed by atoms with van der Waals surface area (Å²) in [6.07, 6.45) is 0. The van der Waals surface area contributed by atoms with E-state index in [4.69, 9.17) is 23.2 Å². The Balaban J connectivity index is 1.95. The van der Waals surface area contributed by atoms with Gasteiger partial charge in [-0.3, -0.25) is 9.48 Å². The van der Waals surface area contributed by atoms with Crippen molar-refractivity contribution in [2.45, 2.75) is 19.2 Å². The number of aromatic nitrogens is 2. The summed E-state index contributed by atoms with van der Waals surface area (Å²) in [6, 6.07) is 5.55. The van der Waals surface area contributed by atoms with Gasteiger partial charge in [0.05, 0.1) is 21.3 Å². The van der Waals surface area contributed by atoms with E-state index in [1.165, 1.54) is 0 Å². The minimum atomic E-state index is -0.0451. The third-order valence-electron chi connectivity index (χ3n) is 4.10. The van der Waals surface area contributed by atoms with E-state index < -0.39 is 0 Å². The molecule has 1 aromatic heterocycles. The summed E-state index contributed by atoms with van der Waals surface area (Å²) in [7, 11) is 1.86. The molecule has 1 fully saturated rings. The Morgan fingerprint density at radius 3 is 2.65 bits per heavy atom. The van der Waals surface area contributed by atoms with E-state index in [2.05, 4.69) is 5.10 Å². The van der Waals surface area contributed by atoms with Gasteiger partial charge in [0.2, 0.25) is 0 Å². The Morgan fingerprint density at radius 2 is 2.04 bits per heavy atom. The molecule has 0 bridgehead atoms. The number of carbonyl (C=O) groups is 1. The molecule has 0 N–H and O–H groups in total. The first-order chi connectivity index (χ1) is 10.9. The third-order valence-corrected chi connectivity index (χ3v) is 6.10. The molecule has 1 aliphatic heterocycles. The van der Waals surface area contributed by atoms with Crippen molar-refractivity contribution >= 4 is 40.9 Å². The average molecular weight is 370 g/mol. The van der Waals surface area contributed by atoms with Crippen LogP contribution in [0, 0.1) is 13.8 Å². The summed E-state index contributed by atoms with van der Waals surface area (Å²) in [5, 5.41) is 5.34. The van der Waals surface area contributed by atoms with Crippen molar-refractivity contribution in [2.75, 3.05) is 12.3 Å². The summed E-state index contributed by atoms with van der Waals surface area (Å²) in [6.45, 7) is 4.50. The second-order valence-electron chi connectivity index (χ2n) is 5.56. The van der Waals surface area contributed by atoms with Crippen molar-refractivity contribution in [1.29, 1.82) is 0 Å². The number of benzene rings is 1. The number of hydrogen-bond acceptors (Lipinski definition) is 3. The van der Waals surface area contributed by atoms with Crippen LogP contribution in [0.15, 0.2) is 18.2 Å².